The molecule has 88 valence electrons. The second-order valence-corrected chi connectivity index (χ2v) is 4.08. The molecule has 1 heterocycles. The van der Waals surface area contributed by atoms with Crippen LogP contribution in [0, 0.1) is 5.92 Å². The number of nitrogens with zero attached hydrogens (tertiary/aromatic N) is 1. The number of hydrogen-bond acceptors (Lipinski definition) is 3. The molecule has 0 aromatic carbocycles. The van der Waals surface area contributed by atoms with Crippen molar-refractivity contribution >= 4 is 17.5 Å². The van der Waals surface area contributed by atoms with Crippen LogP contribution < -0.4 is 5.32 Å². The summed E-state index contributed by atoms with van der Waals surface area (Å²) in [5.74, 6) is 0.0837. The molecule has 0 fully saturated rings. The Bertz CT molecular complexity index is 358. The van der Waals surface area contributed by atoms with Gasteiger partial charge in [-0.05, 0) is 24.5 Å². The number of carbonyl (C=O) groups is 1. The number of aliphatic hydroxyl groups is 1. The Morgan fingerprint density at radius 3 is 3.06 bits per heavy atom. The van der Waals surface area contributed by atoms with E-state index in [1.165, 1.54) is 12.3 Å². The smallest absolute Gasteiger partial charge is 0.251 e. The highest BCUT2D eigenvalue weighted by Gasteiger charge is 2.08. The molecule has 1 aromatic heterocycles. The maximum absolute atomic E-state index is 11.6. The summed E-state index contributed by atoms with van der Waals surface area (Å²) in [6.07, 6.45) is 2.17. The average molecular weight is 243 g/mol. The average Bonchev–Trinajstić information content (AvgIpc) is 2.26. The van der Waals surface area contributed by atoms with Gasteiger partial charge >= 0.3 is 0 Å². The van der Waals surface area contributed by atoms with Crippen LogP contribution in [0.15, 0.2) is 18.3 Å². The fraction of sp³-hybridized carbons (Fsp3) is 0.455. The van der Waals surface area contributed by atoms with Gasteiger partial charge in [0.2, 0.25) is 0 Å². The number of amides is 1. The fourth-order valence-corrected chi connectivity index (χ4v) is 1.41. The summed E-state index contributed by atoms with van der Waals surface area (Å²) >= 11 is 5.68. The van der Waals surface area contributed by atoms with E-state index in [9.17, 15) is 4.79 Å². The van der Waals surface area contributed by atoms with Crippen molar-refractivity contribution in [2.45, 2.75) is 13.3 Å². The molecule has 0 radical (unpaired) electrons. The van der Waals surface area contributed by atoms with Gasteiger partial charge in [-0.1, -0.05) is 18.5 Å². The van der Waals surface area contributed by atoms with Crippen LogP contribution in [0.5, 0.6) is 0 Å². The van der Waals surface area contributed by atoms with Crippen molar-refractivity contribution in [3.8, 4) is 0 Å². The number of halogens is 1. The van der Waals surface area contributed by atoms with Crippen LogP contribution in [-0.4, -0.2) is 29.1 Å². The van der Waals surface area contributed by atoms with Crippen LogP contribution in [0.1, 0.15) is 23.7 Å². The second kappa shape index (κ2) is 6.45. The molecule has 1 unspecified atom stereocenters. The lowest BCUT2D eigenvalue weighted by Crippen LogP contribution is -2.28. The van der Waals surface area contributed by atoms with Crippen molar-refractivity contribution in [1.82, 2.24) is 10.3 Å². The van der Waals surface area contributed by atoms with E-state index in [4.69, 9.17) is 16.7 Å². The maximum Gasteiger partial charge on any atom is 0.251 e. The molecule has 5 heteroatoms. The molecule has 2 N–H and O–H groups in total. The lowest BCUT2D eigenvalue weighted by molar-refractivity contribution is 0.0945. The standard InChI is InChI=1S/C11H15ClN2O2/c1-8(3-5-15)7-14-11(16)9-2-4-13-10(12)6-9/h2,4,6,8,15H,3,5,7H2,1H3,(H,14,16). The fourth-order valence-electron chi connectivity index (χ4n) is 1.24. The third-order valence-electron chi connectivity index (χ3n) is 2.22. The molecule has 0 saturated carbocycles. The Balaban J connectivity index is 2.47. The van der Waals surface area contributed by atoms with E-state index < -0.39 is 0 Å². The Morgan fingerprint density at radius 1 is 1.69 bits per heavy atom. The van der Waals surface area contributed by atoms with Gasteiger partial charge in [-0.15, -0.1) is 0 Å². The van der Waals surface area contributed by atoms with Crippen LogP contribution in [0.3, 0.4) is 0 Å². The van der Waals surface area contributed by atoms with Crippen molar-refractivity contribution in [2.75, 3.05) is 13.2 Å². The highest BCUT2D eigenvalue weighted by atomic mass is 35.5. The molecular weight excluding hydrogens is 228 g/mol. The quantitative estimate of drug-likeness (QED) is 0.769. The molecule has 1 aromatic rings. The SMILES string of the molecule is CC(CCO)CNC(=O)c1ccnc(Cl)c1. The Kier molecular flexibility index (Phi) is 5.22. The maximum atomic E-state index is 11.6. The first-order valence-corrected chi connectivity index (χ1v) is 5.52. The van der Waals surface area contributed by atoms with E-state index in [1.54, 1.807) is 6.07 Å². The van der Waals surface area contributed by atoms with Crippen molar-refractivity contribution in [1.29, 1.82) is 0 Å². The molecule has 1 atom stereocenters. The van der Waals surface area contributed by atoms with E-state index in [2.05, 4.69) is 10.3 Å². The van der Waals surface area contributed by atoms with E-state index in [0.29, 0.717) is 23.7 Å². The Morgan fingerprint density at radius 2 is 2.44 bits per heavy atom. The Hall–Kier alpha value is -1.13. The zero-order chi connectivity index (χ0) is 12.0. The van der Waals surface area contributed by atoms with E-state index in [0.717, 1.165) is 0 Å². The van der Waals surface area contributed by atoms with E-state index in [1.807, 2.05) is 6.92 Å². The number of nitrogens with one attached hydrogen (secondary N) is 1. The van der Waals surface area contributed by atoms with Gasteiger partial charge in [0.1, 0.15) is 5.15 Å². The summed E-state index contributed by atoms with van der Waals surface area (Å²) in [6, 6.07) is 3.13. The van der Waals surface area contributed by atoms with Gasteiger partial charge in [-0.25, -0.2) is 4.98 Å². The van der Waals surface area contributed by atoms with Crippen LogP contribution in [0.25, 0.3) is 0 Å². The summed E-state index contributed by atoms with van der Waals surface area (Å²) in [4.78, 5) is 15.4. The number of rotatable bonds is 5. The number of pyridine rings is 1. The van der Waals surface area contributed by atoms with Crippen LogP contribution >= 0.6 is 11.6 Å². The number of aromatic nitrogens is 1. The van der Waals surface area contributed by atoms with Gasteiger partial charge in [-0.3, -0.25) is 4.79 Å². The third-order valence-corrected chi connectivity index (χ3v) is 2.43. The third kappa shape index (κ3) is 4.16. The van der Waals surface area contributed by atoms with E-state index >= 15 is 0 Å². The highest BCUT2D eigenvalue weighted by Crippen LogP contribution is 2.07. The minimum absolute atomic E-state index is 0.137. The zero-order valence-corrected chi connectivity index (χ0v) is 9.87. The summed E-state index contributed by atoms with van der Waals surface area (Å²) in [5.41, 5.74) is 0.496. The molecule has 0 aliphatic carbocycles. The van der Waals surface area contributed by atoms with Crippen LogP contribution in [0.4, 0.5) is 0 Å². The number of carbonyl (C=O) groups excluding carboxylic acids is 1. The van der Waals surface area contributed by atoms with Crippen LogP contribution in [0.2, 0.25) is 5.15 Å². The molecule has 1 rings (SSSR count). The molecule has 0 bridgehead atoms. The molecule has 0 aliphatic heterocycles. The summed E-state index contributed by atoms with van der Waals surface area (Å²) in [5, 5.41) is 11.8. The van der Waals surface area contributed by atoms with Crippen LogP contribution in [-0.2, 0) is 0 Å². The second-order valence-electron chi connectivity index (χ2n) is 3.69. The van der Waals surface area contributed by atoms with E-state index in [-0.39, 0.29) is 18.4 Å². The van der Waals surface area contributed by atoms with Crippen molar-refractivity contribution in [3.63, 3.8) is 0 Å². The zero-order valence-electron chi connectivity index (χ0n) is 9.11. The van der Waals surface area contributed by atoms with Gasteiger partial charge in [0, 0.05) is 24.9 Å². The number of hydrogen-bond donors (Lipinski definition) is 2. The molecule has 1 amide bonds. The van der Waals surface area contributed by atoms with Gasteiger partial charge in [-0.2, -0.15) is 0 Å². The summed E-state index contributed by atoms with van der Waals surface area (Å²) < 4.78 is 0. The largest absolute Gasteiger partial charge is 0.396 e. The van der Waals surface area contributed by atoms with Crippen molar-refractivity contribution < 1.29 is 9.90 Å². The lowest BCUT2D eigenvalue weighted by atomic mass is 10.1. The van der Waals surface area contributed by atoms with Gasteiger partial charge in [0.15, 0.2) is 0 Å². The highest BCUT2D eigenvalue weighted by molar-refractivity contribution is 6.29. The molecule has 4 nitrogen and oxygen atoms in total. The first-order chi connectivity index (χ1) is 7.63. The first kappa shape index (κ1) is 12.9. The summed E-state index contributed by atoms with van der Waals surface area (Å²) in [6.45, 7) is 2.65. The predicted molar refractivity (Wildman–Crippen MR) is 62.4 cm³/mol. The normalized spacial score (nSPS) is 12.2. The first-order valence-electron chi connectivity index (χ1n) is 5.14. The topological polar surface area (TPSA) is 62.2 Å². The molecule has 0 aliphatic rings. The van der Waals surface area contributed by atoms with Crippen molar-refractivity contribution in [2.24, 2.45) is 5.92 Å². The minimum atomic E-state index is -0.172. The summed E-state index contributed by atoms with van der Waals surface area (Å²) in [7, 11) is 0. The monoisotopic (exact) mass is 242 g/mol. The molecular formula is C11H15ClN2O2. The van der Waals surface area contributed by atoms with Gasteiger partial charge in [0.25, 0.3) is 5.91 Å². The number of aliphatic hydroxyl groups excluding tert-OH is 1. The molecule has 0 spiro atoms. The van der Waals surface area contributed by atoms with Gasteiger partial charge < -0.3 is 10.4 Å². The Labute approximate surface area is 99.6 Å². The minimum Gasteiger partial charge on any atom is -0.396 e. The van der Waals surface area contributed by atoms with Crippen molar-refractivity contribution in [3.05, 3.63) is 29.0 Å². The lowest BCUT2D eigenvalue weighted by Gasteiger charge is -2.10. The predicted octanol–water partition coefficient (Wildman–Crippen LogP) is 1.48. The molecule has 0 saturated heterocycles. The molecule has 16 heavy (non-hydrogen) atoms. The van der Waals surface area contributed by atoms with Gasteiger partial charge in [0.05, 0.1) is 0 Å².